The van der Waals surface area contributed by atoms with E-state index in [1.165, 1.54) is 6.07 Å². The van der Waals surface area contributed by atoms with E-state index in [2.05, 4.69) is 71.9 Å². The van der Waals surface area contributed by atoms with Crippen molar-refractivity contribution in [1.82, 2.24) is 4.58 Å². The summed E-state index contributed by atoms with van der Waals surface area (Å²) >= 11 is 3.47. The molecule has 0 saturated carbocycles. The Bertz CT molecular complexity index is 2820. The molecule has 1 heterocycles. The second-order valence-electron chi connectivity index (χ2n) is 13.4. The molecule has 0 bridgehead atoms. The summed E-state index contributed by atoms with van der Waals surface area (Å²) in [6, 6.07) is 55.6. The first-order valence-corrected chi connectivity index (χ1v) is 21.5. The summed E-state index contributed by atoms with van der Waals surface area (Å²) in [5, 5.41) is 1.60. The molecule has 6 nitrogen and oxygen atoms in total. The Kier molecular flexibility index (Phi) is 10.8. The van der Waals surface area contributed by atoms with Gasteiger partial charge in [-0.1, -0.05) is 103 Å². The average Bonchev–Trinajstić information content (AvgIpc) is 3.21. The van der Waals surface area contributed by atoms with Crippen molar-refractivity contribution in [3.05, 3.63) is 186 Å². The summed E-state index contributed by atoms with van der Waals surface area (Å²) in [7, 11) is -4.81. The minimum Gasteiger partial charge on any atom is -0.744 e. The lowest BCUT2D eigenvalue weighted by atomic mass is 9.93. The van der Waals surface area contributed by atoms with Crippen LogP contribution in [-0.2, 0) is 10.1 Å². The van der Waals surface area contributed by atoms with Gasteiger partial charge >= 0.3 is 0 Å². The topological polar surface area (TPSA) is 76.6 Å². The number of rotatable bonds is 11. The molecule has 1 aliphatic carbocycles. The highest BCUT2D eigenvalue weighted by Crippen LogP contribution is 2.44. The van der Waals surface area contributed by atoms with Crippen LogP contribution in [0, 0.1) is 13.8 Å². The van der Waals surface area contributed by atoms with Crippen molar-refractivity contribution in [2.45, 2.75) is 28.5 Å². The third-order valence-corrected chi connectivity index (χ3v) is 12.6. The van der Waals surface area contributed by atoms with Crippen molar-refractivity contribution in [2.24, 2.45) is 0 Å². The Hall–Kier alpha value is -5.58. The zero-order chi connectivity index (χ0) is 38.6. The lowest BCUT2D eigenvalue weighted by Crippen LogP contribution is -2.26. The number of thioether (sulfide) groups is 2. The number of anilines is 2. The van der Waals surface area contributed by atoms with Gasteiger partial charge in [0.25, 0.3) is 0 Å². The summed E-state index contributed by atoms with van der Waals surface area (Å²) in [5.41, 5.74) is 7.49. The molecular weight excluding hydrogens is 753 g/mol. The molecule has 0 spiro atoms. The molecule has 8 rings (SSSR count). The zero-order valence-electron chi connectivity index (χ0n) is 30.8. The van der Waals surface area contributed by atoms with Crippen molar-refractivity contribution < 1.29 is 17.4 Å². The minimum absolute atomic E-state index is 0.274. The number of nitrogens with zero attached hydrogens (tertiary/aromatic N) is 2. The second kappa shape index (κ2) is 16.3. The maximum Gasteiger partial charge on any atom is 0.210 e. The van der Waals surface area contributed by atoms with E-state index in [9.17, 15) is 13.0 Å². The molecule has 0 radical (unpaired) electrons. The number of hydrogen-bond donors (Lipinski definition) is 0. The smallest absolute Gasteiger partial charge is 0.210 e. The van der Waals surface area contributed by atoms with Crippen LogP contribution in [-0.4, -0.2) is 24.7 Å². The molecule has 56 heavy (non-hydrogen) atoms. The zero-order valence-corrected chi connectivity index (χ0v) is 33.3. The monoisotopic (exact) mass is 790 g/mol. The lowest BCUT2D eigenvalue weighted by molar-refractivity contribution is 0.463. The van der Waals surface area contributed by atoms with Crippen molar-refractivity contribution in [1.29, 1.82) is 0 Å². The van der Waals surface area contributed by atoms with Crippen LogP contribution in [0.4, 0.5) is 17.1 Å². The molecule has 0 fully saturated rings. The van der Waals surface area contributed by atoms with E-state index in [-0.39, 0.29) is 4.90 Å². The molecule has 2 aliphatic rings. The maximum atomic E-state index is 12.7. The van der Waals surface area contributed by atoms with Gasteiger partial charge in [0.05, 0.1) is 16.8 Å². The van der Waals surface area contributed by atoms with Crippen LogP contribution < -0.4 is 14.8 Å². The predicted octanol–water partition coefficient (Wildman–Crippen LogP) is 11.5. The molecule has 6 aromatic carbocycles. The first-order valence-electron chi connectivity index (χ1n) is 18.2. The van der Waals surface area contributed by atoms with Gasteiger partial charge in [0.2, 0.25) is 11.0 Å². The fourth-order valence-electron chi connectivity index (χ4n) is 7.00. The Morgan fingerprint density at radius 2 is 1.29 bits per heavy atom. The third-order valence-electron chi connectivity index (χ3n) is 9.76. The number of aryl methyl sites for hydroxylation is 2. The Morgan fingerprint density at radius 3 is 2.00 bits per heavy atom. The number of fused-ring (bicyclic) bond motifs is 2. The maximum absolute atomic E-state index is 12.7. The van der Waals surface area contributed by atoms with E-state index in [1.54, 1.807) is 41.7 Å². The van der Waals surface area contributed by atoms with Crippen molar-refractivity contribution in [2.75, 3.05) is 16.7 Å². The molecule has 278 valence electrons. The van der Waals surface area contributed by atoms with Crippen molar-refractivity contribution >= 4 is 61.7 Å². The van der Waals surface area contributed by atoms with Gasteiger partial charge in [0.1, 0.15) is 21.5 Å². The van der Waals surface area contributed by atoms with Crippen LogP contribution in [0.25, 0.3) is 33.4 Å². The molecule has 1 aliphatic heterocycles. The number of para-hydroxylation sites is 2. The molecule has 9 heteroatoms. The SMILES string of the molecule is Cc1ccccc1N(CSc1ccccc1)c1ccc2c(-c3ccccc3S(=O)(=O)[O-])c3cc/c(=[N+](/CSc4ccccc4)c4ccccc4C)cc-3oc2c1. The van der Waals surface area contributed by atoms with Crippen LogP contribution >= 0.6 is 23.5 Å². The molecule has 0 amide bonds. The van der Waals surface area contributed by atoms with Gasteiger partial charge in [0.15, 0.2) is 5.88 Å². The largest absolute Gasteiger partial charge is 0.744 e. The fourth-order valence-corrected chi connectivity index (χ4v) is 9.51. The highest BCUT2D eigenvalue weighted by molar-refractivity contribution is 7.99. The van der Waals surface area contributed by atoms with Crippen molar-refractivity contribution in [3.8, 4) is 22.5 Å². The normalized spacial score (nSPS) is 12.2. The van der Waals surface area contributed by atoms with Crippen LogP contribution in [0.1, 0.15) is 11.1 Å². The fraction of sp³-hybridized carbons (Fsp3) is 0.0851. The second-order valence-corrected chi connectivity index (χ2v) is 16.8. The Balaban J connectivity index is 1.37. The van der Waals surface area contributed by atoms with Crippen LogP contribution in [0.15, 0.2) is 189 Å². The summed E-state index contributed by atoms with van der Waals surface area (Å²) in [6.07, 6.45) is 0. The molecule has 0 saturated heterocycles. The van der Waals surface area contributed by atoms with E-state index >= 15 is 0 Å². The van der Waals surface area contributed by atoms with E-state index in [1.807, 2.05) is 97.1 Å². The summed E-state index contributed by atoms with van der Waals surface area (Å²) in [5.74, 6) is 1.82. The molecule has 0 N–H and O–H groups in total. The Labute approximate surface area is 335 Å². The van der Waals surface area contributed by atoms with E-state index < -0.39 is 10.1 Å². The lowest BCUT2D eigenvalue weighted by Gasteiger charge is -2.27. The van der Waals surface area contributed by atoms with E-state index in [0.717, 1.165) is 43.3 Å². The van der Waals surface area contributed by atoms with E-state index in [0.29, 0.717) is 45.2 Å². The van der Waals surface area contributed by atoms with Gasteiger partial charge in [-0.2, -0.15) is 4.58 Å². The van der Waals surface area contributed by atoms with Gasteiger partial charge in [-0.15, -0.1) is 11.8 Å². The van der Waals surface area contributed by atoms with Gasteiger partial charge in [-0.3, -0.25) is 0 Å². The van der Waals surface area contributed by atoms with Crippen molar-refractivity contribution in [3.63, 3.8) is 0 Å². The van der Waals surface area contributed by atoms with Gasteiger partial charge in [-0.05, 0) is 74.0 Å². The first-order chi connectivity index (χ1) is 27.2. The standard InChI is InChI=1S/C47H38N2O4S3/c1-33-15-9-12-22-42(33)48(31-54-37-17-5-3-6-18-37)35-25-27-39-44(29-35)53-45-30-36(26-28-40(45)47(39)41-21-11-14-24-46(41)56(50,51)52)49(43-23-13-10-16-34(43)2)32-55-38-19-7-4-8-20-38/h3-30H,31-32H2,1-2H3. The van der Waals surface area contributed by atoms with Gasteiger partial charge in [-0.25, -0.2) is 8.42 Å². The minimum atomic E-state index is -4.81. The molecular formula is C47H38N2O4S3. The molecule has 0 aromatic heterocycles. The highest BCUT2D eigenvalue weighted by Gasteiger charge is 2.24. The molecule has 0 atom stereocenters. The number of hydrogen-bond acceptors (Lipinski definition) is 7. The molecule has 6 aromatic rings. The first kappa shape index (κ1) is 37.3. The summed E-state index contributed by atoms with van der Waals surface area (Å²) < 4.78 is 47.4. The van der Waals surface area contributed by atoms with Crippen LogP contribution in [0.3, 0.4) is 0 Å². The summed E-state index contributed by atoms with van der Waals surface area (Å²) in [6.45, 7) is 4.20. The average molecular weight is 791 g/mol. The van der Waals surface area contributed by atoms with Crippen LogP contribution in [0.5, 0.6) is 0 Å². The Morgan fingerprint density at radius 1 is 0.643 bits per heavy atom. The van der Waals surface area contributed by atoms with E-state index in [4.69, 9.17) is 4.42 Å². The highest BCUT2D eigenvalue weighted by atomic mass is 32.2. The number of benzene rings is 7. The third kappa shape index (κ3) is 7.90. The predicted molar refractivity (Wildman–Crippen MR) is 230 cm³/mol. The summed E-state index contributed by atoms with van der Waals surface area (Å²) in [4.78, 5) is 4.29. The quantitative estimate of drug-likeness (QED) is 0.0424. The van der Waals surface area contributed by atoms with Gasteiger partial charge in [0, 0.05) is 67.0 Å². The van der Waals surface area contributed by atoms with Crippen LogP contribution in [0.2, 0.25) is 0 Å². The molecule has 0 unspecified atom stereocenters. The van der Waals surface area contributed by atoms with Gasteiger partial charge < -0.3 is 13.9 Å².